The van der Waals surface area contributed by atoms with E-state index in [1.165, 1.54) is 24.8 Å². The molecule has 2 aliphatic rings. The summed E-state index contributed by atoms with van der Waals surface area (Å²) >= 11 is 0. The topological polar surface area (TPSA) is 35.5 Å². The Bertz CT molecular complexity index is 673. The van der Waals surface area contributed by atoms with Gasteiger partial charge in [-0.25, -0.2) is 4.79 Å². The minimum Gasteiger partial charge on any atom is -0.490 e. The zero-order valence-corrected chi connectivity index (χ0v) is 16.7. The van der Waals surface area contributed by atoms with Crippen LogP contribution in [-0.2, 0) is 15.9 Å². The number of carbonyl (C=O) groups is 1. The first-order valence-corrected chi connectivity index (χ1v) is 10.4. The molecule has 3 nitrogen and oxygen atoms in total. The van der Waals surface area contributed by atoms with E-state index in [1.54, 1.807) is 0 Å². The van der Waals surface area contributed by atoms with Crippen LogP contribution in [-0.4, -0.2) is 18.2 Å². The van der Waals surface area contributed by atoms with Gasteiger partial charge in [-0.05, 0) is 49.0 Å². The highest BCUT2D eigenvalue weighted by molar-refractivity contribution is 5.89. The number of allylic oxidation sites excluding steroid dienone is 1. The van der Waals surface area contributed by atoms with Crippen molar-refractivity contribution in [2.45, 2.75) is 71.0 Å². The van der Waals surface area contributed by atoms with Crippen LogP contribution in [0.2, 0.25) is 0 Å². The first-order chi connectivity index (χ1) is 13.1. The van der Waals surface area contributed by atoms with Gasteiger partial charge in [-0.2, -0.15) is 0 Å². The third-order valence-corrected chi connectivity index (χ3v) is 5.89. The van der Waals surface area contributed by atoms with Crippen LogP contribution < -0.4 is 0 Å². The second-order valence-corrected chi connectivity index (χ2v) is 7.95. The standard InChI is InChI=1S/C24H32O3/c1-4-6-18(5-2)15-19-8-11-21(12-9-19)24(25)27-22-14-13-20-10-7-17(3)26-23(20)16-22/h7-12,18,20,22-23H,3-6,13-16H2,1-2H3. The zero-order valence-electron chi connectivity index (χ0n) is 16.7. The Morgan fingerprint density at radius 1 is 1.26 bits per heavy atom. The largest absolute Gasteiger partial charge is 0.490 e. The molecule has 1 heterocycles. The Hall–Kier alpha value is -2.03. The van der Waals surface area contributed by atoms with Crippen LogP contribution in [0.5, 0.6) is 0 Å². The number of esters is 1. The van der Waals surface area contributed by atoms with Gasteiger partial charge in [0.25, 0.3) is 0 Å². The molecule has 0 saturated heterocycles. The summed E-state index contributed by atoms with van der Waals surface area (Å²) in [7, 11) is 0. The van der Waals surface area contributed by atoms with Crippen LogP contribution >= 0.6 is 0 Å². The molecule has 0 N–H and O–H groups in total. The predicted molar refractivity (Wildman–Crippen MR) is 109 cm³/mol. The van der Waals surface area contributed by atoms with Gasteiger partial charge < -0.3 is 9.47 Å². The fourth-order valence-corrected chi connectivity index (χ4v) is 4.23. The van der Waals surface area contributed by atoms with Crippen molar-refractivity contribution in [1.82, 2.24) is 0 Å². The van der Waals surface area contributed by atoms with Crippen LogP contribution in [0.3, 0.4) is 0 Å². The maximum absolute atomic E-state index is 12.5. The molecule has 3 rings (SSSR count). The average molecular weight is 369 g/mol. The Morgan fingerprint density at radius 3 is 2.74 bits per heavy atom. The second-order valence-electron chi connectivity index (χ2n) is 7.95. The Morgan fingerprint density at radius 2 is 2.04 bits per heavy atom. The minimum atomic E-state index is -0.226. The molecule has 0 bridgehead atoms. The van der Waals surface area contributed by atoms with E-state index in [9.17, 15) is 4.79 Å². The van der Waals surface area contributed by atoms with E-state index in [0.29, 0.717) is 17.2 Å². The van der Waals surface area contributed by atoms with E-state index < -0.39 is 0 Å². The number of hydrogen-bond acceptors (Lipinski definition) is 3. The summed E-state index contributed by atoms with van der Waals surface area (Å²) in [6.07, 6.45) is 11.5. The van der Waals surface area contributed by atoms with Crippen LogP contribution in [0.15, 0.2) is 48.8 Å². The van der Waals surface area contributed by atoms with Gasteiger partial charge in [0.15, 0.2) is 0 Å². The molecule has 3 heteroatoms. The van der Waals surface area contributed by atoms with E-state index in [1.807, 2.05) is 18.2 Å². The van der Waals surface area contributed by atoms with Crippen molar-refractivity contribution in [3.8, 4) is 0 Å². The molecule has 0 aromatic heterocycles. The normalized spacial score (nSPS) is 25.4. The van der Waals surface area contributed by atoms with E-state index in [0.717, 1.165) is 31.6 Å². The third kappa shape index (κ3) is 5.24. The summed E-state index contributed by atoms with van der Waals surface area (Å²) in [5.74, 6) is 1.62. The molecule has 1 saturated carbocycles. The van der Waals surface area contributed by atoms with Gasteiger partial charge in [-0.3, -0.25) is 0 Å². The quantitative estimate of drug-likeness (QED) is 0.566. The van der Waals surface area contributed by atoms with E-state index >= 15 is 0 Å². The van der Waals surface area contributed by atoms with Crippen molar-refractivity contribution >= 4 is 5.97 Å². The van der Waals surface area contributed by atoms with Crippen molar-refractivity contribution in [2.75, 3.05) is 0 Å². The molecule has 1 aromatic rings. The SMILES string of the molecule is C=C1C=CC2CCC(OC(=O)c3ccc(CC(CC)CCC)cc3)CC2O1. The van der Waals surface area contributed by atoms with Crippen LogP contribution in [0.4, 0.5) is 0 Å². The summed E-state index contributed by atoms with van der Waals surface area (Å²) in [6.45, 7) is 8.36. The first kappa shape index (κ1) is 19.7. The number of fused-ring (bicyclic) bond motifs is 1. The fourth-order valence-electron chi connectivity index (χ4n) is 4.23. The van der Waals surface area contributed by atoms with E-state index in [4.69, 9.17) is 9.47 Å². The molecule has 1 aliphatic heterocycles. The number of rotatable bonds is 7. The third-order valence-electron chi connectivity index (χ3n) is 5.89. The lowest BCUT2D eigenvalue weighted by atomic mass is 9.83. The summed E-state index contributed by atoms with van der Waals surface area (Å²) < 4.78 is 11.6. The highest BCUT2D eigenvalue weighted by atomic mass is 16.5. The highest BCUT2D eigenvalue weighted by Gasteiger charge is 2.34. The molecular formula is C24H32O3. The van der Waals surface area contributed by atoms with Gasteiger partial charge >= 0.3 is 5.97 Å². The number of ether oxygens (including phenoxy) is 2. The van der Waals surface area contributed by atoms with Crippen molar-refractivity contribution in [1.29, 1.82) is 0 Å². The van der Waals surface area contributed by atoms with Crippen molar-refractivity contribution in [3.05, 3.63) is 59.9 Å². The molecule has 0 spiro atoms. The van der Waals surface area contributed by atoms with E-state index in [-0.39, 0.29) is 18.2 Å². The maximum atomic E-state index is 12.5. The molecular weight excluding hydrogens is 336 g/mol. The lowest BCUT2D eigenvalue weighted by molar-refractivity contribution is -0.0266. The molecule has 1 aliphatic carbocycles. The van der Waals surface area contributed by atoms with Gasteiger partial charge in [0.05, 0.1) is 5.56 Å². The fraction of sp³-hybridized carbons (Fsp3) is 0.542. The van der Waals surface area contributed by atoms with Crippen LogP contribution in [0.25, 0.3) is 0 Å². The molecule has 0 amide bonds. The molecule has 1 fully saturated rings. The zero-order chi connectivity index (χ0) is 19.2. The van der Waals surface area contributed by atoms with Gasteiger partial charge in [0.1, 0.15) is 18.0 Å². The molecule has 146 valence electrons. The van der Waals surface area contributed by atoms with Gasteiger partial charge in [0.2, 0.25) is 0 Å². The van der Waals surface area contributed by atoms with Gasteiger partial charge in [0, 0.05) is 12.3 Å². The van der Waals surface area contributed by atoms with Crippen LogP contribution in [0.1, 0.15) is 68.3 Å². The molecule has 1 aromatic carbocycles. The predicted octanol–water partition coefficient (Wildman–Crippen LogP) is 5.85. The van der Waals surface area contributed by atoms with Crippen molar-refractivity contribution in [3.63, 3.8) is 0 Å². The van der Waals surface area contributed by atoms with Crippen LogP contribution in [0, 0.1) is 11.8 Å². The molecule has 27 heavy (non-hydrogen) atoms. The Labute approximate surface area is 163 Å². The molecule has 0 radical (unpaired) electrons. The monoisotopic (exact) mass is 368 g/mol. The molecule has 4 atom stereocenters. The van der Waals surface area contributed by atoms with Gasteiger partial charge in [-0.1, -0.05) is 57.9 Å². The summed E-state index contributed by atoms with van der Waals surface area (Å²) in [6, 6.07) is 7.96. The highest BCUT2D eigenvalue weighted by Crippen LogP contribution is 2.34. The van der Waals surface area contributed by atoms with Crippen molar-refractivity contribution in [2.24, 2.45) is 11.8 Å². The number of carbonyl (C=O) groups excluding carboxylic acids is 1. The van der Waals surface area contributed by atoms with Crippen molar-refractivity contribution < 1.29 is 14.3 Å². The lowest BCUT2D eigenvalue weighted by Crippen LogP contribution is -2.36. The summed E-state index contributed by atoms with van der Waals surface area (Å²) in [4.78, 5) is 12.5. The average Bonchev–Trinajstić information content (AvgIpc) is 2.67. The maximum Gasteiger partial charge on any atom is 0.338 e. The Balaban J connectivity index is 1.54. The second kappa shape index (κ2) is 9.25. The summed E-state index contributed by atoms with van der Waals surface area (Å²) in [5, 5.41) is 0. The first-order valence-electron chi connectivity index (χ1n) is 10.4. The smallest absolute Gasteiger partial charge is 0.338 e. The molecule has 4 unspecified atom stereocenters. The Kier molecular flexibility index (Phi) is 6.76. The number of benzene rings is 1. The summed E-state index contributed by atoms with van der Waals surface area (Å²) in [5.41, 5.74) is 1.94. The van der Waals surface area contributed by atoms with Gasteiger partial charge in [-0.15, -0.1) is 0 Å². The van der Waals surface area contributed by atoms with E-state index in [2.05, 4.69) is 38.6 Å². The lowest BCUT2D eigenvalue weighted by Gasteiger charge is -2.36. The number of hydrogen-bond donors (Lipinski definition) is 0. The minimum absolute atomic E-state index is 0.0771.